The van der Waals surface area contributed by atoms with Gasteiger partial charge in [-0.2, -0.15) is 0 Å². The van der Waals surface area contributed by atoms with E-state index in [1.165, 1.54) is 0 Å². The number of hydrogen-bond acceptors (Lipinski definition) is 4. The topological polar surface area (TPSA) is 79.4 Å². The van der Waals surface area contributed by atoms with Gasteiger partial charge in [0.15, 0.2) is 0 Å². The molecule has 0 aliphatic carbocycles. The van der Waals surface area contributed by atoms with Crippen LogP contribution in [0.3, 0.4) is 0 Å². The summed E-state index contributed by atoms with van der Waals surface area (Å²) in [5.74, 6) is 0.00742. The van der Waals surface area contributed by atoms with Crippen molar-refractivity contribution in [3.05, 3.63) is 42.1 Å². The van der Waals surface area contributed by atoms with Crippen LogP contribution < -0.4 is 4.72 Å². The highest BCUT2D eigenvalue weighted by atomic mass is 32.2. The van der Waals surface area contributed by atoms with Crippen LogP contribution >= 0.6 is 0 Å². The van der Waals surface area contributed by atoms with Crippen LogP contribution in [0.15, 0.2) is 36.4 Å². The Morgan fingerprint density at radius 1 is 1.52 bits per heavy atom. The predicted molar refractivity (Wildman–Crippen MR) is 80.0 cm³/mol. The smallest absolute Gasteiger partial charge is 0.272 e. The predicted octanol–water partition coefficient (Wildman–Crippen LogP) is 0.997. The van der Waals surface area contributed by atoms with Crippen LogP contribution in [0.25, 0.3) is 0 Å². The minimum Gasteiger partial charge on any atom is -0.337 e. The highest BCUT2D eigenvalue weighted by Crippen LogP contribution is 2.17. The number of aromatic nitrogens is 1. The summed E-state index contributed by atoms with van der Waals surface area (Å²) in [6.45, 7) is 4.79. The second-order valence-electron chi connectivity index (χ2n) is 5.03. The Morgan fingerprint density at radius 3 is 3.00 bits per heavy atom. The number of piperidine rings is 1. The molecule has 1 aliphatic heterocycles. The van der Waals surface area contributed by atoms with E-state index >= 15 is 0 Å². The first kappa shape index (κ1) is 15.7. The first-order valence-corrected chi connectivity index (χ1v) is 8.39. The SMILES string of the molecule is C=CS(=O)(=O)NC[C@H]1CCCN(C(=O)c2ccccn2)C1. The van der Waals surface area contributed by atoms with E-state index in [4.69, 9.17) is 0 Å². The molecule has 1 fully saturated rings. The van der Waals surface area contributed by atoms with Crippen LogP contribution in [-0.4, -0.2) is 43.8 Å². The molecule has 7 heteroatoms. The summed E-state index contributed by atoms with van der Waals surface area (Å²) < 4.78 is 25.2. The molecule has 0 unspecified atom stereocenters. The van der Waals surface area contributed by atoms with E-state index in [-0.39, 0.29) is 11.8 Å². The van der Waals surface area contributed by atoms with Crippen molar-refractivity contribution in [2.24, 2.45) is 5.92 Å². The molecule has 1 atom stereocenters. The third kappa shape index (κ3) is 4.37. The van der Waals surface area contributed by atoms with Gasteiger partial charge in [0.1, 0.15) is 5.69 Å². The first-order chi connectivity index (χ1) is 10.0. The Kier molecular flexibility index (Phi) is 5.08. The van der Waals surface area contributed by atoms with Crippen molar-refractivity contribution in [1.29, 1.82) is 0 Å². The number of likely N-dealkylation sites (tertiary alicyclic amines) is 1. The molecule has 1 amide bonds. The molecule has 0 bridgehead atoms. The number of rotatable bonds is 5. The number of amides is 1. The normalized spacial score (nSPS) is 19.2. The largest absolute Gasteiger partial charge is 0.337 e. The Hall–Kier alpha value is -1.73. The molecule has 1 aliphatic rings. The number of nitrogens with one attached hydrogen (secondary N) is 1. The van der Waals surface area contributed by atoms with Gasteiger partial charge < -0.3 is 4.90 Å². The lowest BCUT2D eigenvalue weighted by Gasteiger charge is -2.32. The van der Waals surface area contributed by atoms with Crippen molar-refractivity contribution in [2.45, 2.75) is 12.8 Å². The summed E-state index contributed by atoms with van der Waals surface area (Å²) in [7, 11) is -3.41. The van der Waals surface area contributed by atoms with E-state index in [0.717, 1.165) is 18.2 Å². The van der Waals surface area contributed by atoms with Gasteiger partial charge in [0.25, 0.3) is 5.91 Å². The molecular weight excluding hydrogens is 290 g/mol. The van der Waals surface area contributed by atoms with Crippen LogP contribution in [0.5, 0.6) is 0 Å². The summed E-state index contributed by atoms with van der Waals surface area (Å²) in [6.07, 6.45) is 3.34. The van der Waals surface area contributed by atoms with Crippen molar-refractivity contribution in [3.8, 4) is 0 Å². The lowest BCUT2D eigenvalue weighted by Crippen LogP contribution is -2.43. The van der Waals surface area contributed by atoms with Gasteiger partial charge in [-0.25, -0.2) is 13.1 Å². The standard InChI is InChI=1S/C14H19N3O3S/c1-2-21(19,20)16-10-12-6-5-9-17(11-12)14(18)13-7-3-4-8-15-13/h2-4,7-8,12,16H,1,5-6,9-11H2/t12-/m1/s1. The lowest BCUT2D eigenvalue weighted by molar-refractivity contribution is 0.0670. The quantitative estimate of drug-likeness (QED) is 0.880. The van der Waals surface area contributed by atoms with Crippen molar-refractivity contribution in [1.82, 2.24) is 14.6 Å². The molecule has 1 saturated heterocycles. The molecule has 0 saturated carbocycles. The summed E-state index contributed by atoms with van der Waals surface area (Å²) in [5, 5.41) is 0.895. The van der Waals surface area contributed by atoms with Gasteiger partial charge in [0.2, 0.25) is 10.0 Å². The molecule has 1 aromatic heterocycles. The second-order valence-corrected chi connectivity index (χ2v) is 6.75. The second kappa shape index (κ2) is 6.82. The summed E-state index contributed by atoms with van der Waals surface area (Å²) in [5.41, 5.74) is 0.421. The average molecular weight is 309 g/mol. The van der Waals surface area contributed by atoms with Crippen molar-refractivity contribution >= 4 is 15.9 Å². The monoisotopic (exact) mass is 309 g/mol. The van der Waals surface area contributed by atoms with Crippen LogP contribution in [0, 0.1) is 5.92 Å². The first-order valence-electron chi connectivity index (χ1n) is 6.84. The Bertz CT molecular complexity index is 601. The third-order valence-electron chi connectivity index (χ3n) is 3.48. The van der Waals surface area contributed by atoms with E-state index in [9.17, 15) is 13.2 Å². The number of pyridine rings is 1. The molecule has 1 N–H and O–H groups in total. The van der Waals surface area contributed by atoms with Crippen molar-refractivity contribution < 1.29 is 13.2 Å². The molecule has 0 spiro atoms. The van der Waals surface area contributed by atoms with Crippen LogP contribution in [0.1, 0.15) is 23.3 Å². The Morgan fingerprint density at radius 2 is 2.33 bits per heavy atom. The maximum atomic E-state index is 12.3. The van der Waals surface area contributed by atoms with E-state index < -0.39 is 10.0 Å². The molecule has 1 aromatic rings. The zero-order valence-corrected chi connectivity index (χ0v) is 12.6. The maximum absolute atomic E-state index is 12.3. The number of nitrogens with zero attached hydrogens (tertiary/aromatic N) is 2. The summed E-state index contributed by atoms with van der Waals surface area (Å²) in [6, 6.07) is 5.23. The van der Waals surface area contributed by atoms with Gasteiger partial charge in [-0.1, -0.05) is 12.6 Å². The fourth-order valence-electron chi connectivity index (χ4n) is 2.36. The van der Waals surface area contributed by atoms with Crippen molar-refractivity contribution in [2.75, 3.05) is 19.6 Å². The van der Waals surface area contributed by atoms with Crippen LogP contribution in [0.4, 0.5) is 0 Å². The minimum absolute atomic E-state index is 0.105. The molecule has 6 nitrogen and oxygen atoms in total. The Labute approximate surface area is 124 Å². The zero-order valence-electron chi connectivity index (χ0n) is 11.7. The molecular formula is C14H19N3O3S. The zero-order chi connectivity index (χ0) is 15.3. The van der Waals surface area contributed by atoms with E-state index in [0.29, 0.717) is 25.3 Å². The van der Waals surface area contributed by atoms with Crippen LogP contribution in [-0.2, 0) is 10.0 Å². The summed E-state index contributed by atoms with van der Waals surface area (Å²) in [4.78, 5) is 18.1. The highest BCUT2D eigenvalue weighted by Gasteiger charge is 2.25. The van der Waals surface area contributed by atoms with Crippen LogP contribution in [0.2, 0.25) is 0 Å². The molecule has 21 heavy (non-hydrogen) atoms. The lowest BCUT2D eigenvalue weighted by atomic mass is 9.98. The van der Waals surface area contributed by atoms with Gasteiger partial charge in [-0.05, 0) is 30.9 Å². The van der Waals surface area contributed by atoms with Gasteiger partial charge >= 0.3 is 0 Å². The minimum atomic E-state index is -3.41. The number of hydrogen-bond donors (Lipinski definition) is 1. The Balaban J connectivity index is 1.95. The average Bonchev–Trinajstić information content (AvgIpc) is 2.53. The number of sulfonamides is 1. The fraction of sp³-hybridized carbons (Fsp3) is 0.429. The van der Waals surface area contributed by atoms with Crippen molar-refractivity contribution in [3.63, 3.8) is 0 Å². The molecule has 0 radical (unpaired) electrons. The fourth-order valence-corrected chi connectivity index (χ4v) is 2.95. The highest BCUT2D eigenvalue weighted by molar-refractivity contribution is 7.92. The molecule has 2 heterocycles. The van der Waals surface area contributed by atoms with E-state index in [1.54, 1.807) is 29.3 Å². The van der Waals surface area contributed by atoms with Gasteiger partial charge in [0.05, 0.1) is 0 Å². The molecule has 114 valence electrons. The van der Waals surface area contributed by atoms with Gasteiger partial charge in [-0.15, -0.1) is 0 Å². The van der Waals surface area contributed by atoms with E-state index in [1.807, 2.05) is 0 Å². The maximum Gasteiger partial charge on any atom is 0.272 e. The molecule has 0 aromatic carbocycles. The van der Waals surface area contributed by atoms with Gasteiger partial charge in [-0.3, -0.25) is 9.78 Å². The van der Waals surface area contributed by atoms with Gasteiger partial charge in [0, 0.05) is 31.2 Å². The summed E-state index contributed by atoms with van der Waals surface area (Å²) >= 11 is 0. The molecule has 2 rings (SSSR count). The number of carbonyl (C=O) groups is 1. The third-order valence-corrected chi connectivity index (χ3v) is 4.49. The van der Waals surface area contributed by atoms with E-state index in [2.05, 4.69) is 16.3 Å². The number of carbonyl (C=O) groups excluding carboxylic acids is 1.